The monoisotopic (exact) mass is 296 g/mol. The zero-order chi connectivity index (χ0) is 16.0. The summed E-state index contributed by atoms with van der Waals surface area (Å²) in [6.07, 6.45) is 0.851. The van der Waals surface area contributed by atoms with Gasteiger partial charge in [0.25, 0.3) is 0 Å². The Balaban J connectivity index is 2.77. The molecule has 6 heteroatoms. The van der Waals surface area contributed by atoms with Crippen molar-refractivity contribution in [2.24, 2.45) is 5.92 Å². The molecule has 1 aromatic heterocycles. The molecule has 21 heavy (non-hydrogen) atoms. The van der Waals surface area contributed by atoms with Gasteiger partial charge in [0, 0.05) is 23.6 Å². The number of rotatable bonds is 8. The van der Waals surface area contributed by atoms with Crippen molar-refractivity contribution in [3.63, 3.8) is 0 Å². The fourth-order valence-corrected chi connectivity index (χ4v) is 2.09. The number of aryl methyl sites for hydroxylation is 1. The number of nitrogens with zero attached hydrogens (tertiary/aromatic N) is 2. The number of hydrogen-bond acceptors (Lipinski definition) is 4. The zero-order valence-corrected chi connectivity index (χ0v) is 13.2. The highest BCUT2D eigenvalue weighted by Crippen LogP contribution is 2.10. The van der Waals surface area contributed by atoms with Crippen molar-refractivity contribution >= 4 is 5.97 Å². The van der Waals surface area contributed by atoms with E-state index in [9.17, 15) is 9.59 Å². The van der Waals surface area contributed by atoms with Gasteiger partial charge in [-0.25, -0.2) is 4.79 Å². The van der Waals surface area contributed by atoms with Gasteiger partial charge in [-0.05, 0) is 26.2 Å². The minimum Gasteiger partial charge on any atom is -0.481 e. The first-order valence-electron chi connectivity index (χ1n) is 7.19. The number of aromatic nitrogens is 2. The number of hydrogen-bond donors (Lipinski definition) is 1. The molecule has 0 spiro atoms. The minimum absolute atomic E-state index is 0.126. The van der Waals surface area contributed by atoms with Crippen molar-refractivity contribution in [1.29, 1.82) is 0 Å². The molecular formula is C15H24N2O4. The van der Waals surface area contributed by atoms with Gasteiger partial charge in [0.2, 0.25) is 0 Å². The molecule has 0 aliphatic heterocycles. The molecule has 118 valence electrons. The van der Waals surface area contributed by atoms with Gasteiger partial charge in [0.05, 0.1) is 19.6 Å². The summed E-state index contributed by atoms with van der Waals surface area (Å²) in [4.78, 5) is 26.7. The zero-order valence-electron chi connectivity index (χ0n) is 13.2. The molecule has 0 radical (unpaired) electrons. The molecule has 0 saturated heterocycles. The van der Waals surface area contributed by atoms with E-state index in [0.717, 1.165) is 6.42 Å². The molecule has 0 atom stereocenters. The molecule has 0 unspecified atom stereocenters. The third-order valence-corrected chi connectivity index (χ3v) is 3.40. The van der Waals surface area contributed by atoms with Gasteiger partial charge in [-0.15, -0.1) is 0 Å². The Labute approximate surface area is 124 Å². The molecular weight excluding hydrogens is 272 g/mol. The molecule has 1 aromatic rings. The third-order valence-electron chi connectivity index (χ3n) is 3.40. The number of carbonyl (C=O) groups is 1. The predicted octanol–water partition coefficient (Wildman–Crippen LogP) is 1.55. The van der Waals surface area contributed by atoms with Crippen LogP contribution in [0.4, 0.5) is 0 Å². The van der Waals surface area contributed by atoms with Crippen LogP contribution in [0, 0.1) is 19.8 Å². The topological polar surface area (TPSA) is 81.4 Å². The lowest BCUT2D eigenvalue weighted by atomic mass is 10.1. The normalized spacial score (nSPS) is 11.1. The first-order valence-corrected chi connectivity index (χ1v) is 7.19. The molecule has 0 amide bonds. The van der Waals surface area contributed by atoms with Crippen molar-refractivity contribution in [2.75, 3.05) is 13.2 Å². The molecule has 0 aliphatic carbocycles. The summed E-state index contributed by atoms with van der Waals surface area (Å²) in [5, 5.41) is 8.93. The van der Waals surface area contributed by atoms with Gasteiger partial charge >= 0.3 is 11.7 Å². The second-order valence-electron chi connectivity index (χ2n) is 5.56. The third kappa shape index (κ3) is 5.30. The van der Waals surface area contributed by atoms with Crippen molar-refractivity contribution in [3.05, 3.63) is 27.4 Å². The molecule has 0 bridgehead atoms. The van der Waals surface area contributed by atoms with Crippen LogP contribution in [0.1, 0.15) is 37.2 Å². The second kappa shape index (κ2) is 7.93. The summed E-state index contributed by atoms with van der Waals surface area (Å²) in [5.41, 5.74) is 1.38. The Hall–Kier alpha value is -1.69. The van der Waals surface area contributed by atoms with E-state index in [1.54, 1.807) is 13.8 Å². The SMILES string of the molecule is Cc1nc(=O)n(CCOCCC(C)C)c(C)c1CC(=O)O. The summed E-state index contributed by atoms with van der Waals surface area (Å²) >= 11 is 0. The summed E-state index contributed by atoms with van der Waals surface area (Å²) in [7, 11) is 0. The van der Waals surface area contributed by atoms with Crippen LogP contribution in [-0.4, -0.2) is 33.8 Å². The van der Waals surface area contributed by atoms with Gasteiger partial charge in [-0.3, -0.25) is 9.36 Å². The average Bonchev–Trinajstić information content (AvgIpc) is 2.37. The van der Waals surface area contributed by atoms with Crippen LogP contribution in [0.2, 0.25) is 0 Å². The molecule has 1 heterocycles. The van der Waals surface area contributed by atoms with E-state index in [-0.39, 0.29) is 12.1 Å². The lowest BCUT2D eigenvalue weighted by molar-refractivity contribution is -0.136. The van der Waals surface area contributed by atoms with E-state index < -0.39 is 5.97 Å². The Morgan fingerprint density at radius 2 is 2.00 bits per heavy atom. The van der Waals surface area contributed by atoms with Gasteiger partial charge < -0.3 is 9.84 Å². The lowest BCUT2D eigenvalue weighted by Crippen LogP contribution is -2.30. The summed E-state index contributed by atoms with van der Waals surface area (Å²) in [5.74, 6) is -0.348. The van der Waals surface area contributed by atoms with Crippen LogP contribution in [0.5, 0.6) is 0 Å². The molecule has 1 rings (SSSR count). The predicted molar refractivity (Wildman–Crippen MR) is 79.6 cm³/mol. The highest BCUT2D eigenvalue weighted by Gasteiger charge is 2.14. The number of carboxylic acid groups (broad SMARTS) is 1. The summed E-state index contributed by atoms with van der Waals surface area (Å²) < 4.78 is 6.99. The maximum Gasteiger partial charge on any atom is 0.348 e. The fourth-order valence-electron chi connectivity index (χ4n) is 2.09. The van der Waals surface area contributed by atoms with Gasteiger partial charge in [0.1, 0.15) is 0 Å². The van der Waals surface area contributed by atoms with Crippen molar-refractivity contribution in [1.82, 2.24) is 9.55 Å². The van der Waals surface area contributed by atoms with E-state index in [4.69, 9.17) is 9.84 Å². The van der Waals surface area contributed by atoms with Crippen LogP contribution in [0.15, 0.2) is 4.79 Å². The molecule has 0 saturated carbocycles. The maximum absolute atomic E-state index is 11.9. The number of aliphatic carboxylic acids is 1. The maximum atomic E-state index is 11.9. The summed E-state index contributed by atoms with van der Waals surface area (Å²) in [6, 6.07) is 0. The van der Waals surface area contributed by atoms with Gasteiger partial charge in [0.15, 0.2) is 0 Å². The smallest absolute Gasteiger partial charge is 0.348 e. The van der Waals surface area contributed by atoms with Crippen LogP contribution < -0.4 is 5.69 Å². The number of carboxylic acids is 1. The first kappa shape index (κ1) is 17.4. The van der Waals surface area contributed by atoms with E-state index in [1.165, 1.54) is 4.57 Å². The summed E-state index contributed by atoms with van der Waals surface area (Å²) in [6.45, 7) is 9.14. The minimum atomic E-state index is -0.929. The Morgan fingerprint density at radius 1 is 1.33 bits per heavy atom. The first-order chi connectivity index (χ1) is 9.82. The van der Waals surface area contributed by atoms with Crippen LogP contribution in [-0.2, 0) is 22.5 Å². The Bertz CT molecular complexity index is 549. The number of ether oxygens (including phenoxy) is 1. The van der Waals surface area contributed by atoms with Crippen molar-refractivity contribution < 1.29 is 14.6 Å². The average molecular weight is 296 g/mol. The quantitative estimate of drug-likeness (QED) is 0.736. The van der Waals surface area contributed by atoms with Crippen LogP contribution in [0.3, 0.4) is 0 Å². The lowest BCUT2D eigenvalue weighted by Gasteiger charge is -2.14. The van der Waals surface area contributed by atoms with E-state index in [1.807, 2.05) is 0 Å². The highest BCUT2D eigenvalue weighted by atomic mass is 16.5. The van der Waals surface area contributed by atoms with Gasteiger partial charge in [-0.2, -0.15) is 4.98 Å². The molecule has 0 fully saturated rings. The van der Waals surface area contributed by atoms with E-state index in [2.05, 4.69) is 18.8 Å². The molecule has 6 nitrogen and oxygen atoms in total. The standard InChI is InChI=1S/C15H24N2O4/c1-10(2)5-7-21-8-6-17-12(4)13(9-14(18)19)11(3)16-15(17)20/h10H,5-9H2,1-4H3,(H,18,19). The Morgan fingerprint density at radius 3 is 2.57 bits per heavy atom. The highest BCUT2D eigenvalue weighted by molar-refractivity contribution is 5.70. The molecule has 0 aliphatic rings. The molecule has 0 aromatic carbocycles. The van der Waals surface area contributed by atoms with Gasteiger partial charge in [-0.1, -0.05) is 13.8 Å². The largest absolute Gasteiger partial charge is 0.481 e. The van der Waals surface area contributed by atoms with Crippen molar-refractivity contribution in [3.8, 4) is 0 Å². The Kier molecular flexibility index (Phi) is 6.55. The van der Waals surface area contributed by atoms with Crippen LogP contribution in [0.25, 0.3) is 0 Å². The fraction of sp³-hybridized carbons (Fsp3) is 0.667. The van der Waals surface area contributed by atoms with Crippen LogP contribution >= 0.6 is 0 Å². The molecule has 1 N–H and O–H groups in total. The second-order valence-corrected chi connectivity index (χ2v) is 5.56. The van der Waals surface area contributed by atoms with Crippen molar-refractivity contribution in [2.45, 2.75) is 47.1 Å². The van der Waals surface area contributed by atoms with E-state index >= 15 is 0 Å². The van der Waals surface area contributed by atoms with E-state index in [0.29, 0.717) is 42.6 Å².